The Morgan fingerprint density at radius 3 is 2.54 bits per heavy atom. The summed E-state index contributed by atoms with van der Waals surface area (Å²) in [6.07, 6.45) is -0.0282. The van der Waals surface area contributed by atoms with Crippen LogP contribution in [0.1, 0.15) is 68.8 Å². The molecule has 4 bridgehead atoms. The van der Waals surface area contributed by atoms with Crippen LogP contribution in [-0.2, 0) is 32.7 Å². The van der Waals surface area contributed by atoms with Gasteiger partial charge in [0.1, 0.15) is 18.6 Å². The molecule has 3 aromatic carbocycles. The van der Waals surface area contributed by atoms with Crippen LogP contribution in [0.5, 0.6) is 40.2 Å². The molecular formula is C39H43N3O11S. The predicted molar refractivity (Wildman–Crippen MR) is 195 cm³/mol. The zero-order valence-electron chi connectivity index (χ0n) is 30.8. The fraction of sp³-hybridized carbons (Fsp3) is 0.487. The summed E-state index contributed by atoms with van der Waals surface area (Å²) in [6.45, 7) is 5.26. The summed E-state index contributed by atoms with van der Waals surface area (Å²) in [5.74, 6) is 0.949. The number of aliphatic hydroxyl groups is 1. The Kier molecular flexibility index (Phi) is 8.21. The van der Waals surface area contributed by atoms with E-state index in [-0.39, 0.29) is 42.4 Å². The zero-order valence-corrected chi connectivity index (χ0v) is 31.7. The fourth-order valence-corrected chi connectivity index (χ4v) is 11.7. The van der Waals surface area contributed by atoms with Crippen LogP contribution in [-0.4, -0.2) is 102 Å². The number of carbonyl (C=O) groups excluding carboxylic acids is 2. The van der Waals surface area contributed by atoms with Gasteiger partial charge in [-0.05, 0) is 68.1 Å². The highest BCUT2D eigenvalue weighted by molar-refractivity contribution is 7.99. The molecule has 0 radical (unpaired) electrons. The number of carbonyl (C=O) groups is 2. The number of esters is 2. The monoisotopic (exact) mass is 761 g/mol. The van der Waals surface area contributed by atoms with Crippen LogP contribution in [0.25, 0.3) is 0 Å². The summed E-state index contributed by atoms with van der Waals surface area (Å²) in [5.41, 5.74) is 4.36. The average Bonchev–Trinajstić information content (AvgIpc) is 3.63. The molecule has 2 saturated heterocycles. The summed E-state index contributed by atoms with van der Waals surface area (Å²) < 4.78 is 35.9. The normalized spacial score (nSPS) is 29.4. The first-order chi connectivity index (χ1) is 25.9. The molecule has 7 atom stereocenters. The average molecular weight is 762 g/mol. The highest BCUT2D eigenvalue weighted by Crippen LogP contribution is 2.64. The topological polar surface area (TPSA) is 169 Å². The number of aryl methyl sites for hydroxylation is 1. The molecule has 7 heterocycles. The maximum Gasteiger partial charge on any atom is 0.331 e. The number of thioether (sulfide) groups is 1. The maximum absolute atomic E-state index is 14.7. The van der Waals surface area contributed by atoms with E-state index in [1.807, 2.05) is 31.9 Å². The number of nitrogens with zero attached hydrogens (tertiary/aromatic N) is 2. The van der Waals surface area contributed by atoms with Gasteiger partial charge in [0.15, 0.2) is 40.0 Å². The van der Waals surface area contributed by atoms with Gasteiger partial charge in [-0.3, -0.25) is 19.9 Å². The molecular weight excluding hydrogens is 719 g/mol. The minimum absolute atomic E-state index is 0.0226. The summed E-state index contributed by atoms with van der Waals surface area (Å²) in [6, 6.07) is 3.13. The van der Waals surface area contributed by atoms with Crippen LogP contribution in [0.2, 0.25) is 0 Å². The summed E-state index contributed by atoms with van der Waals surface area (Å²) >= 11 is 1.47. The van der Waals surface area contributed by atoms with Crippen LogP contribution in [0.4, 0.5) is 0 Å². The summed E-state index contributed by atoms with van der Waals surface area (Å²) in [5, 5.41) is 38.2. The molecule has 7 aliphatic rings. The van der Waals surface area contributed by atoms with E-state index in [0.717, 1.165) is 16.7 Å². The lowest BCUT2D eigenvalue weighted by Gasteiger charge is -2.62. The Morgan fingerprint density at radius 1 is 1.02 bits per heavy atom. The number of benzene rings is 3. The molecule has 3 aromatic rings. The van der Waals surface area contributed by atoms with E-state index < -0.39 is 47.1 Å². The van der Waals surface area contributed by atoms with Crippen molar-refractivity contribution < 1.29 is 53.3 Å². The number of likely N-dealkylation sites (N-methyl/N-ethyl adjacent to an activating group) is 1. The molecule has 0 aliphatic carbocycles. The molecule has 0 amide bonds. The van der Waals surface area contributed by atoms with Gasteiger partial charge in [-0.2, -0.15) is 0 Å². The lowest BCUT2D eigenvalue weighted by atomic mass is 9.73. The van der Waals surface area contributed by atoms with Gasteiger partial charge < -0.3 is 43.7 Å². The fourth-order valence-electron chi connectivity index (χ4n) is 10.00. The molecule has 15 heteroatoms. The third kappa shape index (κ3) is 4.74. The Bertz CT molecular complexity index is 2130. The number of ether oxygens (including phenoxy) is 6. The van der Waals surface area contributed by atoms with Gasteiger partial charge in [0.2, 0.25) is 6.79 Å². The second kappa shape index (κ2) is 12.6. The van der Waals surface area contributed by atoms with Crippen LogP contribution < -0.4 is 29.0 Å². The van der Waals surface area contributed by atoms with E-state index in [0.29, 0.717) is 70.2 Å². The lowest BCUT2D eigenvalue weighted by molar-refractivity contribution is -0.186. The Morgan fingerprint density at radius 2 is 1.80 bits per heavy atom. The van der Waals surface area contributed by atoms with Crippen molar-refractivity contribution in [3.05, 3.63) is 62.7 Å². The summed E-state index contributed by atoms with van der Waals surface area (Å²) in [7, 11) is 4.96. The molecule has 0 saturated carbocycles. The van der Waals surface area contributed by atoms with Crippen molar-refractivity contribution >= 4 is 23.7 Å². The van der Waals surface area contributed by atoms with Gasteiger partial charge in [0.25, 0.3) is 0 Å². The molecule has 14 nitrogen and oxygen atoms in total. The van der Waals surface area contributed by atoms with Gasteiger partial charge >= 0.3 is 11.9 Å². The first-order valence-electron chi connectivity index (χ1n) is 18.1. The predicted octanol–water partition coefficient (Wildman–Crippen LogP) is 3.41. The minimum Gasteiger partial charge on any atom is -0.504 e. The van der Waals surface area contributed by atoms with Crippen LogP contribution in [0.15, 0.2) is 18.2 Å². The van der Waals surface area contributed by atoms with Gasteiger partial charge in [0, 0.05) is 47.5 Å². The number of hydrogen-bond donors (Lipinski definition) is 4. The van der Waals surface area contributed by atoms with Crippen molar-refractivity contribution in [3.8, 4) is 40.2 Å². The molecule has 286 valence electrons. The number of phenols is 2. The number of aliphatic hydroxyl groups excluding tert-OH is 1. The van der Waals surface area contributed by atoms with Gasteiger partial charge in [-0.15, -0.1) is 11.8 Å². The van der Waals surface area contributed by atoms with Crippen LogP contribution >= 0.6 is 11.8 Å². The van der Waals surface area contributed by atoms with E-state index in [1.54, 1.807) is 12.1 Å². The van der Waals surface area contributed by atoms with Crippen molar-refractivity contribution in [2.45, 2.75) is 74.8 Å². The number of aromatic hydroxyl groups is 2. The van der Waals surface area contributed by atoms with E-state index in [2.05, 4.69) is 10.2 Å². The number of hydrogen-bond acceptors (Lipinski definition) is 15. The Labute approximate surface area is 316 Å². The molecule has 0 unspecified atom stereocenters. The maximum atomic E-state index is 14.7. The summed E-state index contributed by atoms with van der Waals surface area (Å²) in [4.78, 5) is 31.7. The first-order valence-corrected chi connectivity index (χ1v) is 19.1. The van der Waals surface area contributed by atoms with E-state index in [9.17, 15) is 24.9 Å². The third-order valence-electron chi connectivity index (χ3n) is 12.3. The van der Waals surface area contributed by atoms with Crippen LogP contribution in [0, 0.1) is 13.8 Å². The van der Waals surface area contributed by atoms with Crippen molar-refractivity contribution in [2.24, 2.45) is 0 Å². The molecule has 1 spiro atoms. The molecule has 54 heavy (non-hydrogen) atoms. The number of piperazine rings is 1. The number of fused-ring (bicyclic) bond motifs is 9. The molecule has 2 fully saturated rings. The van der Waals surface area contributed by atoms with Gasteiger partial charge in [-0.1, -0.05) is 6.07 Å². The third-order valence-corrected chi connectivity index (χ3v) is 13.7. The van der Waals surface area contributed by atoms with Crippen molar-refractivity contribution in [1.82, 2.24) is 15.1 Å². The van der Waals surface area contributed by atoms with Gasteiger partial charge in [0.05, 0.1) is 37.6 Å². The molecule has 10 rings (SSSR count). The first kappa shape index (κ1) is 35.3. The van der Waals surface area contributed by atoms with Crippen LogP contribution in [0.3, 0.4) is 0 Å². The molecule has 7 aliphatic heterocycles. The number of nitrogens with one attached hydrogen (secondary N) is 1. The number of rotatable bonds is 3. The standard InChI is InChI=1S/C39H43N3O11S/c1-16-9-20-10-22-37(46)42-23-13-50-38(47)39(21-12-25(48-5)24(44)11-19(21)7-8-40-39)14-54-36(30(42)29(41(22)4)26(20)31(45)32(16)49-6)28-27(23)35-34(51-15-52-35)17(2)33(28)53-18(3)43/h9,11-12,22-23,29-30,36-37,40,44-46H,7-8,10,13-15H2,1-6H3/t22-,23-,29+,30-,36+,37-,39+/m0/s1. The minimum atomic E-state index is -1.36. The van der Waals surface area contributed by atoms with Crippen molar-refractivity contribution in [3.63, 3.8) is 0 Å². The highest BCUT2D eigenvalue weighted by atomic mass is 32.2. The number of methoxy groups -OCH3 is 2. The Hall–Kier alpha value is -4.41. The highest BCUT2D eigenvalue weighted by Gasteiger charge is 2.61. The lowest BCUT2D eigenvalue weighted by Crippen LogP contribution is -2.70. The quantitative estimate of drug-likeness (QED) is 0.226. The van der Waals surface area contributed by atoms with E-state index in [1.165, 1.54) is 32.9 Å². The molecule has 0 aromatic heterocycles. The van der Waals surface area contributed by atoms with Gasteiger partial charge in [-0.25, -0.2) is 4.79 Å². The molecule has 4 N–H and O–H groups in total. The SMILES string of the molecule is COc1cc2c(cc1O)CCN[C@]21CS[C@@H]2c3c(OC(C)=O)c(C)c4c(c3[C@H](COC1=O)N1[C@H]2[C@H]2c3c(cc(C)c(OC)c3O)C[C@@H]([C@@H]1O)N2C)OCO4. The smallest absolute Gasteiger partial charge is 0.331 e. The Balaban J connectivity index is 1.32. The van der Waals surface area contributed by atoms with E-state index in [4.69, 9.17) is 28.4 Å². The van der Waals surface area contributed by atoms with Crippen molar-refractivity contribution in [1.29, 1.82) is 0 Å². The number of phenolic OH excluding ortho intramolecular Hbond substituents is 2. The van der Waals surface area contributed by atoms with Crippen molar-refractivity contribution in [2.75, 3.05) is 47.0 Å². The van der Waals surface area contributed by atoms with E-state index >= 15 is 0 Å². The second-order valence-corrected chi connectivity index (χ2v) is 16.1. The largest absolute Gasteiger partial charge is 0.504 e. The second-order valence-electron chi connectivity index (χ2n) is 14.9. The zero-order chi connectivity index (χ0) is 38.0.